The zero-order valence-corrected chi connectivity index (χ0v) is 12.9. The van der Waals surface area contributed by atoms with Crippen molar-refractivity contribution in [1.82, 2.24) is 15.1 Å². The van der Waals surface area contributed by atoms with Gasteiger partial charge in [0.15, 0.2) is 0 Å². The number of hydrogen-bond donors (Lipinski definition) is 1. The summed E-state index contributed by atoms with van der Waals surface area (Å²) in [6.45, 7) is 7.79. The molecule has 3 nitrogen and oxygen atoms in total. The van der Waals surface area contributed by atoms with Crippen molar-refractivity contribution in [3.63, 3.8) is 0 Å². The molecule has 1 fully saturated rings. The predicted octanol–water partition coefficient (Wildman–Crippen LogP) is 1.81. The van der Waals surface area contributed by atoms with Gasteiger partial charge in [-0.05, 0) is 40.6 Å². The van der Waals surface area contributed by atoms with Gasteiger partial charge in [-0.1, -0.05) is 29.3 Å². The van der Waals surface area contributed by atoms with Gasteiger partial charge in [0.05, 0.1) is 0 Å². The number of hydrogen-bond acceptors (Lipinski definition) is 3. The molecule has 1 aromatic carbocycles. The lowest BCUT2D eigenvalue weighted by molar-refractivity contribution is 0.0897. The Kier molecular flexibility index (Phi) is 4.61. The van der Waals surface area contributed by atoms with E-state index < -0.39 is 0 Å². The molecule has 1 aliphatic heterocycles. The molecule has 1 N–H and O–H groups in total. The van der Waals surface area contributed by atoms with Crippen molar-refractivity contribution in [2.75, 3.05) is 40.8 Å². The van der Waals surface area contributed by atoms with E-state index in [-0.39, 0.29) is 0 Å². The lowest BCUT2D eigenvalue weighted by Gasteiger charge is -2.42. The van der Waals surface area contributed by atoms with Gasteiger partial charge in [-0.15, -0.1) is 0 Å². The van der Waals surface area contributed by atoms with Crippen LogP contribution < -0.4 is 5.32 Å². The van der Waals surface area contributed by atoms with Crippen LogP contribution in [0.1, 0.15) is 22.7 Å². The van der Waals surface area contributed by atoms with E-state index in [4.69, 9.17) is 0 Å². The molecule has 1 aromatic rings. The minimum absolute atomic E-state index is 0.395. The quantitative estimate of drug-likeness (QED) is 0.895. The Bertz CT molecular complexity index is 410. The van der Waals surface area contributed by atoms with Crippen molar-refractivity contribution < 1.29 is 0 Å². The Morgan fingerprint density at radius 3 is 2.32 bits per heavy atom. The molecule has 0 bridgehead atoms. The molecule has 3 heteroatoms. The molecule has 0 saturated carbocycles. The second-order valence-corrected chi connectivity index (χ2v) is 6.00. The van der Waals surface area contributed by atoms with Gasteiger partial charge < -0.3 is 10.2 Å². The molecule has 0 radical (unpaired) electrons. The molecule has 19 heavy (non-hydrogen) atoms. The Hall–Kier alpha value is -0.900. The van der Waals surface area contributed by atoms with E-state index in [0.29, 0.717) is 12.1 Å². The normalized spacial score (nSPS) is 23.5. The SMILES string of the molecule is CNC(c1cc(C)cc(C)c1)C1CN(C)CCN1C. The highest BCUT2D eigenvalue weighted by atomic mass is 15.3. The fraction of sp³-hybridized carbons (Fsp3) is 0.625. The molecule has 0 spiro atoms. The smallest absolute Gasteiger partial charge is 0.0488 e. The van der Waals surface area contributed by atoms with Crippen LogP contribution >= 0.6 is 0 Å². The zero-order valence-electron chi connectivity index (χ0n) is 12.9. The summed E-state index contributed by atoms with van der Waals surface area (Å²) in [5.41, 5.74) is 4.11. The van der Waals surface area contributed by atoms with Gasteiger partial charge in [0, 0.05) is 31.7 Å². The third-order valence-electron chi connectivity index (χ3n) is 4.20. The molecule has 1 heterocycles. The van der Waals surface area contributed by atoms with Crippen molar-refractivity contribution >= 4 is 0 Å². The van der Waals surface area contributed by atoms with Gasteiger partial charge in [-0.3, -0.25) is 4.90 Å². The van der Waals surface area contributed by atoms with Crippen LogP contribution in [0.3, 0.4) is 0 Å². The molecule has 0 aliphatic carbocycles. The molecular formula is C16H27N3. The molecule has 1 aliphatic rings. The van der Waals surface area contributed by atoms with Crippen molar-refractivity contribution in [3.8, 4) is 0 Å². The summed E-state index contributed by atoms with van der Waals surface area (Å²) in [5, 5.41) is 3.53. The summed E-state index contributed by atoms with van der Waals surface area (Å²) < 4.78 is 0. The van der Waals surface area contributed by atoms with Crippen molar-refractivity contribution in [1.29, 1.82) is 0 Å². The minimum atomic E-state index is 0.395. The van der Waals surface area contributed by atoms with Crippen LogP contribution in [0, 0.1) is 13.8 Å². The molecule has 1 saturated heterocycles. The summed E-state index contributed by atoms with van der Waals surface area (Å²) in [6.07, 6.45) is 0. The summed E-state index contributed by atoms with van der Waals surface area (Å²) in [6, 6.07) is 7.80. The van der Waals surface area contributed by atoms with Crippen molar-refractivity contribution in [3.05, 3.63) is 34.9 Å². The van der Waals surface area contributed by atoms with Crippen LogP contribution in [0.15, 0.2) is 18.2 Å². The second-order valence-electron chi connectivity index (χ2n) is 6.00. The number of aryl methyl sites for hydroxylation is 2. The van der Waals surface area contributed by atoms with Gasteiger partial charge in [-0.25, -0.2) is 0 Å². The highest BCUT2D eigenvalue weighted by molar-refractivity contribution is 5.31. The highest BCUT2D eigenvalue weighted by Crippen LogP contribution is 2.24. The average Bonchev–Trinajstić information content (AvgIpc) is 2.33. The van der Waals surface area contributed by atoms with Crippen molar-refractivity contribution in [2.24, 2.45) is 0 Å². The zero-order chi connectivity index (χ0) is 14.0. The molecule has 0 amide bonds. The van der Waals surface area contributed by atoms with Crippen LogP contribution in [0.2, 0.25) is 0 Å². The van der Waals surface area contributed by atoms with E-state index in [1.165, 1.54) is 16.7 Å². The van der Waals surface area contributed by atoms with E-state index >= 15 is 0 Å². The monoisotopic (exact) mass is 261 g/mol. The highest BCUT2D eigenvalue weighted by Gasteiger charge is 2.30. The van der Waals surface area contributed by atoms with Crippen LogP contribution in [0.5, 0.6) is 0 Å². The van der Waals surface area contributed by atoms with Gasteiger partial charge in [0.1, 0.15) is 0 Å². The molecule has 106 valence electrons. The van der Waals surface area contributed by atoms with Crippen LogP contribution in [0.4, 0.5) is 0 Å². The lowest BCUT2D eigenvalue weighted by Crippen LogP contribution is -2.54. The standard InChI is InChI=1S/C16H27N3/c1-12-8-13(2)10-14(9-12)16(17-3)15-11-18(4)6-7-19(15)5/h8-10,15-17H,6-7,11H2,1-5H3. The van der Waals surface area contributed by atoms with Gasteiger partial charge in [0.2, 0.25) is 0 Å². The van der Waals surface area contributed by atoms with Crippen molar-refractivity contribution in [2.45, 2.75) is 25.9 Å². The predicted molar refractivity (Wildman–Crippen MR) is 81.6 cm³/mol. The largest absolute Gasteiger partial charge is 0.312 e. The first-order valence-corrected chi connectivity index (χ1v) is 7.15. The van der Waals surface area contributed by atoms with Crippen LogP contribution in [0.25, 0.3) is 0 Å². The Morgan fingerprint density at radius 1 is 1.11 bits per heavy atom. The number of piperazine rings is 1. The van der Waals surface area contributed by atoms with E-state index in [2.05, 4.69) is 68.3 Å². The molecule has 2 unspecified atom stereocenters. The fourth-order valence-electron chi connectivity index (χ4n) is 3.17. The second kappa shape index (κ2) is 6.04. The third-order valence-corrected chi connectivity index (χ3v) is 4.20. The number of nitrogens with one attached hydrogen (secondary N) is 1. The molecule has 2 atom stereocenters. The maximum absolute atomic E-state index is 3.53. The maximum atomic E-state index is 3.53. The fourth-order valence-corrected chi connectivity index (χ4v) is 3.17. The van der Waals surface area contributed by atoms with E-state index in [1.807, 2.05) is 0 Å². The van der Waals surface area contributed by atoms with E-state index in [1.54, 1.807) is 0 Å². The first-order chi connectivity index (χ1) is 9.01. The first-order valence-electron chi connectivity index (χ1n) is 7.15. The van der Waals surface area contributed by atoms with Crippen LogP contribution in [-0.4, -0.2) is 56.6 Å². The number of rotatable bonds is 3. The Labute approximate surface area is 117 Å². The maximum Gasteiger partial charge on any atom is 0.0488 e. The summed E-state index contributed by atoms with van der Waals surface area (Å²) in [7, 11) is 6.53. The van der Waals surface area contributed by atoms with Gasteiger partial charge >= 0.3 is 0 Å². The topological polar surface area (TPSA) is 18.5 Å². The van der Waals surface area contributed by atoms with E-state index in [0.717, 1.165) is 19.6 Å². The van der Waals surface area contributed by atoms with Crippen LogP contribution in [-0.2, 0) is 0 Å². The molecule has 0 aromatic heterocycles. The summed E-state index contributed by atoms with van der Waals surface area (Å²) in [5.74, 6) is 0. The Balaban J connectivity index is 2.27. The minimum Gasteiger partial charge on any atom is -0.312 e. The molecular weight excluding hydrogens is 234 g/mol. The number of likely N-dealkylation sites (N-methyl/N-ethyl adjacent to an activating group) is 3. The summed E-state index contributed by atoms with van der Waals surface area (Å²) >= 11 is 0. The number of benzene rings is 1. The summed E-state index contributed by atoms with van der Waals surface area (Å²) in [4.78, 5) is 4.91. The lowest BCUT2D eigenvalue weighted by atomic mass is 9.94. The number of nitrogens with zero attached hydrogens (tertiary/aromatic N) is 2. The van der Waals surface area contributed by atoms with Gasteiger partial charge in [0.25, 0.3) is 0 Å². The average molecular weight is 261 g/mol. The first kappa shape index (κ1) is 14.5. The third kappa shape index (κ3) is 3.35. The van der Waals surface area contributed by atoms with Gasteiger partial charge in [-0.2, -0.15) is 0 Å². The molecule has 2 rings (SSSR count). The Morgan fingerprint density at radius 2 is 1.74 bits per heavy atom. The van der Waals surface area contributed by atoms with E-state index in [9.17, 15) is 0 Å².